The third-order valence-electron chi connectivity index (χ3n) is 8.31. The normalized spacial score (nSPS) is 21.7. The molecule has 1 N–H and O–H groups in total. The van der Waals surface area contributed by atoms with Crippen LogP contribution in [-0.4, -0.2) is 49.2 Å². The summed E-state index contributed by atoms with van der Waals surface area (Å²) in [6.07, 6.45) is 19.7. The lowest BCUT2D eigenvalue weighted by molar-refractivity contribution is -0.147. The first-order valence-corrected chi connectivity index (χ1v) is 17.9. The van der Waals surface area contributed by atoms with Gasteiger partial charge in [0.1, 0.15) is 6.10 Å². The van der Waals surface area contributed by atoms with Crippen LogP contribution >= 0.6 is 15.9 Å². The van der Waals surface area contributed by atoms with E-state index in [0.29, 0.717) is 19.4 Å². The number of hydrogen-bond acceptors (Lipinski definition) is 5. The second kappa shape index (κ2) is 21.0. The largest absolute Gasteiger partial charge is 0.458 e. The predicted molar refractivity (Wildman–Crippen MR) is 179 cm³/mol. The van der Waals surface area contributed by atoms with Gasteiger partial charge in [-0.05, 0) is 82.7 Å². The van der Waals surface area contributed by atoms with Gasteiger partial charge in [0.05, 0.1) is 6.10 Å². The summed E-state index contributed by atoms with van der Waals surface area (Å²) in [5.74, 6) is 0.226. The molecule has 4 atom stereocenters. The van der Waals surface area contributed by atoms with Gasteiger partial charge in [-0.3, -0.25) is 9.59 Å². The Bertz CT molecular complexity index is 1000. The third-order valence-corrected chi connectivity index (χ3v) is 8.87. The molecule has 8 heteroatoms. The number of rotatable bonds is 20. The summed E-state index contributed by atoms with van der Waals surface area (Å²) >= 11 is 3.47. The van der Waals surface area contributed by atoms with Crippen molar-refractivity contribution < 1.29 is 23.6 Å². The number of nitrogens with one attached hydrogen (secondary N) is 1. The molecule has 0 spiro atoms. The minimum atomic E-state index is -0.280. The molecule has 1 aliphatic heterocycles. The van der Waals surface area contributed by atoms with Crippen LogP contribution in [0.15, 0.2) is 54.1 Å². The zero-order chi connectivity index (χ0) is 30.7. The standard InChI is InChI=1S/C35H53BBrNO5/c1-3-5-23-36-42-31-26-29(32(33(27-31)43-36)18-12-6-7-13-19-34(39)38-4-2)25-30(22-21-28-16-10-8-11-17-28)41-35(40)20-14-9-15-24-37/h6,8,10-12,16-17,25,30-33H,3-5,7,9,13-15,18-24,26-27H2,1-2H3,(H,38,39)/b12-6-,29-25+/t30-,31?,32-,33?/m1/s1. The van der Waals surface area contributed by atoms with Crippen molar-refractivity contribution in [3.63, 3.8) is 0 Å². The van der Waals surface area contributed by atoms with E-state index in [1.807, 2.05) is 13.0 Å². The second-order valence-corrected chi connectivity index (χ2v) is 12.7. The summed E-state index contributed by atoms with van der Waals surface area (Å²) in [6.45, 7) is 4.82. The Kier molecular flexibility index (Phi) is 17.3. The average molecular weight is 659 g/mol. The molecule has 43 heavy (non-hydrogen) atoms. The van der Waals surface area contributed by atoms with Gasteiger partial charge in [0.2, 0.25) is 5.91 Å². The SMILES string of the molecule is CCCCB1OC2C/C(=C\[C@@H](CCc3ccccc3)OC(=O)CCCCCBr)[C@@H](C/C=C\CCCC(=O)NCC)C(C2)O1. The maximum atomic E-state index is 12.9. The molecule has 0 aromatic heterocycles. The first kappa shape index (κ1) is 35.6. The highest BCUT2D eigenvalue weighted by Gasteiger charge is 2.42. The van der Waals surface area contributed by atoms with E-state index in [1.54, 1.807) is 0 Å². The van der Waals surface area contributed by atoms with Crippen LogP contribution in [0.25, 0.3) is 0 Å². The zero-order valence-corrected chi connectivity index (χ0v) is 28.0. The number of benzene rings is 1. The van der Waals surface area contributed by atoms with Crippen molar-refractivity contribution in [2.75, 3.05) is 11.9 Å². The molecule has 3 rings (SSSR count). The number of fused-ring (bicyclic) bond motifs is 2. The van der Waals surface area contributed by atoms with Crippen molar-refractivity contribution in [1.29, 1.82) is 0 Å². The molecule has 2 aliphatic rings. The third kappa shape index (κ3) is 13.7. The Labute approximate surface area is 269 Å². The number of hydrogen-bond donors (Lipinski definition) is 1. The van der Waals surface area contributed by atoms with Gasteiger partial charge in [0.25, 0.3) is 0 Å². The van der Waals surface area contributed by atoms with Crippen LogP contribution < -0.4 is 5.32 Å². The Morgan fingerprint density at radius 1 is 1.07 bits per heavy atom. The van der Waals surface area contributed by atoms with Gasteiger partial charge in [0.15, 0.2) is 0 Å². The van der Waals surface area contributed by atoms with Crippen molar-refractivity contribution in [3.8, 4) is 0 Å². The van der Waals surface area contributed by atoms with Crippen molar-refractivity contribution in [1.82, 2.24) is 5.32 Å². The summed E-state index contributed by atoms with van der Waals surface area (Å²) in [7, 11) is -0.139. The number of alkyl halides is 1. The topological polar surface area (TPSA) is 73.9 Å². The van der Waals surface area contributed by atoms with Crippen LogP contribution in [0.3, 0.4) is 0 Å². The van der Waals surface area contributed by atoms with Crippen molar-refractivity contribution in [2.45, 2.75) is 128 Å². The van der Waals surface area contributed by atoms with E-state index in [4.69, 9.17) is 14.0 Å². The number of carbonyl (C=O) groups excluding carboxylic acids is 2. The van der Waals surface area contributed by atoms with Crippen LogP contribution in [0.4, 0.5) is 0 Å². The fraction of sp³-hybridized carbons (Fsp3) is 0.657. The van der Waals surface area contributed by atoms with Crippen molar-refractivity contribution >= 4 is 34.9 Å². The van der Waals surface area contributed by atoms with E-state index in [0.717, 1.165) is 88.7 Å². The highest BCUT2D eigenvalue weighted by atomic mass is 79.9. The van der Waals surface area contributed by atoms with Crippen molar-refractivity contribution in [2.24, 2.45) is 5.92 Å². The molecule has 2 unspecified atom stereocenters. The Balaban J connectivity index is 1.73. The van der Waals surface area contributed by atoms with E-state index < -0.39 is 0 Å². The Hall–Kier alpha value is -1.90. The van der Waals surface area contributed by atoms with Gasteiger partial charge >= 0.3 is 13.1 Å². The molecule has 1 saturated carbocycles. The lowest BCUT2D eigenvalue weighted by atomic mass is 9.71. The van der Waals surface area contributed by atoms with E-state index in [9.17, 15) is 9.59 Å². The number of halogens is 1. The molecule has 1 saturated heterocycles. The predicted octanol–water partition coefficient (Wildman–Crippen LogP) is 8.15. The number of esters is 1. The number of amides is 1. The van der Waals surface area contributed by atoms with Gasteiger partial charge in [-0.2, -0.15) is 0 Å². The summed E-state index contributed by atoms with van der Waals surface area (Å²) in [6, 6.07) is 10.4. The van der Waals surface area contributed by atoms with Crippen LogP contribution in [0, 0.1) is 5.92 Å². The number of carbonyl (C=O) groups is 2. The van der Waals surface area contributed by atoms with E-state index in [1.165, 1.54) is 11.1 Å². The molecule has 1 heterocycles. The lowest BCUT2D eigenvalue weighted by Crippen LogP contribution is -2.48. The van der Waals surface area contributed by atoms with E-state index >= 15 is 0 Å². The molecule has 6 nitrogen and oxygen atoms in total. The van der Waals surface area contributed by atoms with E-state index in [2.05, 4.69) is 70.7 Å². The first-order valence-electron chi connectivity index (χ1n) is 16.7. The van der Waals surface area contributed by atoms with Crippen LogP contribution in [0.5, 0.6) is 0 Å². The molecule has 1 aromatic rings. The molecule has 1 amide bonds. The summed E-state index contributed by atoms with van der Waals surface area (Å²) < 4.78 is 19.1. The molecule has 238 valence electrons. The van der Waals surface area contributed by atoms with Crippen LogP contribution in [0.1, 0.15) is 103 Å². The number of allylic oxidation sites excluding steroid dienone is 2. The summed E-state index contributed by atoms with van der Waals surface area (Å²) in [5, 5.41) is 3.83. The van der Waals surface area contributed by atoms with Gasteiger partial charge in [0, 0.05) is 36.7 Å². The first-order chi connectivity index (χ1) is 21.0. The minimum absolute atomic E-state index is 0.0929. The Morgan fingerprint density at radius 3 is 2.67 bits per heavy atom. The summed E-state index contributed by atoms with van der Waals surface area (Å²) in [4.78, 5) is 24.7. The molecule has 2 fully saturated rings. The number of aryl methyl sites for hydroxylation is 1. The molecule has 1 aliphatic carbocycles. The highest BCUT2D eigenvalue weighted by Crippen LogP contribution is 2.40. The smallest absolute Gasteiger partial charge is 0.457 e. The van der Waals surface area contributed by atoms with Gasteiger partial charge in [-0.15, -0.1) is 0 Å². The fourth-order valence-corrected chi connectivity index (χ4v) is 6.42. The highest BCUT2D eigenvalue weighted by molar-refractivity contribution is 9.09. The van der Waals surface area contributed by atoms with E-state index in [-0.39, 0.29) is 43.2 Å². The number of ether oxygens (including phenoxy) is 1. The minimum Gasteiger partial charge on any atom is -0.458 e. The fourth-order valence-electron chi connectivity index (χ4n) is 6.02. The monoisotopic (exact) mass is 657 g/mol. The quantitative estimate of drug-likeness (QED) is 0.0504. The van der Waals surface area contributed by atoms with Gasteiger partial charge in [-0.25, -0.2) is 0 Å². The molecule has 1 aromatic carbocycles. The number of unbranched alkanes of at least 4 members (excludes halogenated alkanes) is 4. The zero-order valence-electron chi connectivity index (χ0n) is 26.4. The molecular weight excluding hydrogens is 605 g/mol. The van der Waals surface area contributed by atoms with Crippen LogP contribution in [-0.2, 0) is 30.1 Å². The molecule has 2 bridgehead atoms. The maximum Gasteiger partial charge on any atom is 0.457 e. The van der Waals surface area contributed by atoms with Crippen LogP contribution in [0.2, 0.25) is 6.32 Å². The van der Waals surface area contributed by atoms with Gasteiger partial charge < -0.3 is 19.4 Å². The second-order valence-electron chi connectivity index (χ2n) is 11.9. The average Bonchev–Trinajstić information content (AvgIpc) is 3.00. The molecular formula is C35H53BBrNO5. The Morgan fingerprint density at radius 2 is 1.91 bits per heavy atom. The van der Waals surface area contributed by atoms with Crippen molar-refractivity contribution in [3.05, 3.63) is 59.7 Å². The molecule has 0 radical (unpaired) electrons. The lowest BCUT2D eigenvalue weighted by Gasteiger charge is -2.44. The van der Waals surface area contributed by atoms with Gasteiger partial charge in [-0.1, -0.05) is 90.2 Å². The maximum absolute atomic E-state index is 12.9. The summed E-state index contributed by atoms with van der Waals surface area (Å²) in [5.41, 5.74) is 2.53.